The molecular formula is C23H24. The van der Waals surface area contributed by atoms with E-state index in [0.717, 1.165) is 12.8 Å². The van der Waals surface area contributed by atoms with E-state index in [0.29, 0.717) is 0 Å². The van der Waals surface area contributed by atoms with Crippen molar-refractivity contribution in [2.75, 3.05) is 0 Å². The molecule has 0 heteroatoms. The van der Waals surface area contributed by atoms with Gasteiger partial charge in [0.25, 0.3) is 0 Å². The SMILES string of the molecule is CCCc1cccc(Cc2ccc(Cc3ccccc3)cc2)c1. The van der Waals surface area contributed by atoms with Crippen LogP contribution < -0.4 is 0 Å². The van der Waals surface area contributed by atoms with Crippen LogP contribution in [0.1, 0.15) is 41.2 Å². The summed E-state index contributed by atoms with van der Waals surface area (Å²) in [7, 11) is 0. The molecule has 116 valence electrons. The zero-order chi connectivity index (χ0) is 15.9. The second-order valence-electron chi connectivity index (χ2n) is 6.23. The van der Waals surface area contributed by atoms with Gasteiger partial charge in [0.15, 0.2) is 0 Å². The first-order valence-electron chi connectivity index (χ1n) is 8.53. The zero-order valence-corrected chi connectivity index (χ0v) is 13.8. The predicted octanol–water partition coefficient (Wildman–Crippen LogP) is 5.82. The first-order valence-corrected chi connectivity index (χ1v) is 8.53. The maximum atomic E-state index is 2.35. The zero-order valence-electron chi connectivity index (χ0n) is 13.8. The third-order valence-electron chi connectivity index (χ3n) is 4.21. The van der Waals surface area contributed by atoms with E-state index in [1.54, 1.807) is 0 Å². The number of hydrogen-bond donors (Lipinski definition) is 0. The number of hydrogen-bond acceptors (Lipinski definition) is 0. The minimum absolute atomic E-state index is 1.01. The van der Waals surface area contributed by atoms with Gasteiger partial charge in [0, 0.05) is 0 Å². The molecule has 0 saturated carbocycles. The largest absolute Gasteiger partial charge is 0.0651 e. The van der Waals surface area contributed by atoms with Crippen molar-refractivity contribution in [2.45, 2.75) is 32.6 Å². The van der Waals surface area contributed by atoms with Gasteiger partial charge in [-0.05, 0) is 47.1 Å². The fraction of sp³-hybridized carbons (Fsp3) is 0.217. The normalized spacial score (nSPS) is 10.7. The second kappa shape index (κ2) is 7.78. The molecule has 0 aliphatic carbocycles. The lowest BCUT2D eigenvalue weighted by molar-refractivity contribution is 0.918. The smallest absolute Gasteiger partial charge is 0.00257 e. The highest BCUT2D eigenvalue weighted by Crippen LogP contribution is 2.15. The summed E-state index contributed by atoms with van der Waals surface area (Å²) in [5, 5.41) is 0. The first kappa shape index (κ1) is 15.6. The highest BCUT2D eigenvalue weighted by Gasteiger charge is 2.00. The van der Waals surface area contributed by atoms with Gasteiger partial charge in [-0.25, -0.2) is 0 Å². The molecule has 0 N–H and O–H groups in total. The minimum Gasteiger partial charge on any atom is -0.0651 e. The van der Waals surface area contributed by atoms with Gasteiger partial charge >= 0.3 is 0 Å². The van der Waals surface area contributed by atoms with Gasteiger partial charge in [0.1, 0.15) is 0 Å². The van der Waals surface area contributed by atoms with Gasteiger partial charge in [-0.1, -0.05) is 92.2 Å². The fourth-order valence-corrected chi connectivity index (χ4v) is 3.03. The Bertz CT molecular complexity index is 724. The van der Waals surface area contributed by atoms with Crippen molar-refractivity contribution in [1.82, 2.24) is 0 Å². The van der Waals surface area contributed by atoms with Crippen LogP contribution in [0, 0.1) is 0 Å². The molecule has 0 amide bonds. The highest BCUT2D eigenvalue weighted by atomic mass is 14.1. The van der Waals surface area contributed by atoms with E-state index >= 15 is 0 Å². The van der Waals surface area contributed by atoms with Gasteiger partial charge in [0.2, 0.25) is 0 Å². The Hall–Kier alpha value is -2.34. The van der Waals surface area contributed by atoms with Crippen LogP contribution in [0.25, 0.3) is 0 Å². The van der Waals surface area contributed by atoms with Gasteiger partial charge in [-0.15, -0.1) is 0 Å². The first-order chi connectivity index (χ1) is 11.3. The molecule has 3 aromatic rings. The molecule has 0 radical (unpaired) electrons. The molecule has 3 rings (SSSR count). The van der Waals surface area contributed by atoms with Gasteiger partial charge in [-0.2, -0.15) is 0 Å². The van der Waals surface area contributed by atoms with Crippen molar-refractivity contribution in [3.05, 3.63) is 107 Å². The quantitative estimate of drug-likeness (QED) is 0.538. The van der Waals surface area contributed by atoms with Crippen LogP contribution in [0.15, 0.2) is 78.9 Å². The Kier molecular flexibility index (Phi) is 5.26. The number of rotatable bonds is 6. The van der Waals surface area contributed by atoms with Crippen LogP contribution in [-0.2, 0) is 19.3 Å². The van der Waals surface area contributed by atoms with E-state index in [1.807, 2.05) is 0 Å². The van der Waals surface area contributed by atoms with Crippen molar-refractivity contribution >= 4 is 0 Å². The molecule has 23 heavy (non-hydrogen) atoms. The summed E-state index contributed by atoms with van der Waals surface area (Å²) in [4.78, 5) is 0. The molecule has 0 aromatic heterocycles. The van der Waals surface area contributed by atoms with E-state index in [-0.39, 0.29) is 0 Å². The van der Waals surface area contributed by atoms with Crippen molar-refractivity contribution in [3.8, 4) is 0 Å². The summed E-state index contributed by atoms with van der Waals surface area (Å²) >= 11 is 0. The molecule has 0 heterocycles. The average molecular weight is 300 g/mol. The van der Waals surface area contributed by atoms with E-state index in [2.05, 4.69) is 85.8 Å². The van der Waals surface area contributed by atoms with E-state index in [4.69, 9.17) is 0 Å². The maximum absolute atomic E-state index is 2.35. The van der Waals surface area contributed by atoms with Crippen LogP contribution in [0.2, 0.25) is 0 Å². The van der Waals surface area contributed by atoms with Crippen LogP contribution in [0.3, 0.4) is 0 Å². The monoisotopic (exact) mass is 300 g/mol. The topological polar surface area (TPSA) is 0 Å². The summed E-state index contributed by atoms with van der Waals surface area (Å²) in [5.74, 6) is 0. The highest BCUT2D eigenvalue weighted by molar-refractivity contribution is 5.33. The molecular weight excluding hydrogens is 276 g/mol. The Morgan fingerprint density at radius 3 is 1.70 bits per heavy atom. The Labute approximate surface area is 139 Å². The molecule has 0 saturated heterocycles. The number of benzene rings is 3. The molecule has 3 aromatic carbocycles. The van der Waals surface area contributed by atoms with Crippen LogP contribution in [0.5, 0.6) is 0 Å². The van der Waals surface area contributed by atoms with Crippen LogP contribution in [-0.4, -0.2) is 0 Å². The van der Waals surface area contributed by atoms with Crippen molar-refractivity contribution in [2.24, 2.45) is 0 Å². The molecule has 0 bridgehead atoms. The minimum atomic E-state index is 1.01. The van der Waals surface area contributed by atoms with E-state index < -0.39 is 0 Å². The lowest BCUT2D eigenvalue weighted by Gasteiger charge is -2.07. The molecule has 0 aliphatic rings. The average Bonchev–Trinajstić information content (AvgIpc) is 2.58. The van der Waals surface area contributed by atoms with Crippen molar-refractivity contribution in [3.63, 3.8) is 0 Å². The third-order valence-corrected chi connectivity index (χ3v) is 4.21. The van der Waals surface area contributed by atoms with Gasteiger partial charge in [0.05, 0.1) is 0 Å². The maximum Gasteiger partial charge on any atom is -0.00257 e. The van der Waals surface area contributed by atoms with Crippen molar-refractivity contribution < 1.29 is 0 Å². The summed E-state index contributed by atoms with van der Waals surface area (Å²) in [6, 6.07) is 28.7. The summed E-state index contributed by atoms with van der Waals surface area (Å²) in [6.45, 7) is 2.23. The summed E-state index contributed by atoms with van der Waals surface area (Å²) in [6.07, 6.45) is 4.40. The molecule has 0 aliphatic heterocycles. The van der Waals surface area contributed by atoms with E-state index in [1.165, 1.54) is 40.7 Å². The van der Waals surface area contributed by atoms with Crippen LogP contribution in [0.4, 0.5) is 0 Å². The van der Waals surface area contributed by atoms with Gasteiger partial charge in [-0.3, -0.25) is 0 Å². The third kappa shape index (κ3) is 4.56. The number of aryl methyl sites for hydroxylation is 1. The standard InChI is InChI=1S/C23H24/c1-2-7-19-10-6-11-23(17-19)18-22-14-12-21(13-15-22)16-20-8-4-3-5-9-20/h3-6,8-15,17H,2,7,16,18H2,1H3. The van der Waals surface area contributed by atoms with Crippen molar-refractivity contribution in [1.29, 1.82) is 0 Å². The molecule has 0 nitrogen and oxygen atoms in total. The Morgan fingerprint density at radius 1 is 0.522 bits per heavy atom. The van der Waals surface area contributed by atoms with Crippen LogP contribution >= 0.6 is 0 Å². The molecule has 0 unspecified atom stereocenters. The van der Waals surface area contributed by atoms with Gasteiger partial charge < -0.3 is 0 Å². The molecule has 0 atom stereocenters. The summed E-state index contributed by atoms with van der Waals surface area (Å²) < 4.78 is 0. The predicted molar refractivity (Wildman–Crippen MR) is 98.9 cm³/mol. The fourth-order valence-electron chi connectivity index (χ4n) is 3.03. The summed E-state index contributed by atoms with van der Waals surface area (Å²) in [5.41, 5.74) is 6.99. The Balaban J connectivity index is 1.66. The molecule has 0 fully saturated rings. The van der Waals surface area contributed by atoms with E-state index in [9.17, 15) is 0 Å². The lowest BCUT2D eigenvalue weighted by atomic mass is 9.99. The molecule has 0 spiro atoms. The lowest BCUT2D eigenvalue weighted by Crippen LogP contribution is -1.92. The second-order valence-corrected chi connectivity index (χ2v) is 6.23. The Morgan fingerprint density at radius 2 is 1.04 bits per heavy atom.